The summed E-state index contributed by atoms with van der Waals surface area (Å²) in [5, 5.41) is 4.27. The van der Waals surface area contributed by atoms with Gasteiger partial charge in [0, 0.05) is 13.6 Å². The number of carbonyl (C=O) groups excluding carboxylic acids is 1. The molecule has 0 saturated heterocycles. The van der Waals surface area contributed by atoms with E-state index in [-0.39, 0.29) is 5.97 Å². The van der Waals surface area contributed by atoms with Crippen LogP contribution in [0.3, 0.4) is 0 Å². The highest BCUT2D eigenvalue weighted by Crippen LogP contribution is 2.06. The Kier molecular flexibility index (Phi) is 4.49. The van der Waals surface area contributed by atoms with Crippen molar-refractivity contribution in [2.45, 2.75) is 20.4 Å². The summed E-state index contributed by atoms with van der Waals surface area (Å²) in [5.41, 5.74) is 2.09. The molecule has 0 spiro atoms. The van der Waals surface area contributed by atoms with Crippen molar-refractivity contribution in [3.8, 4) is 0 Å². The van der Waals surface area contributed by atoms with Gasteiger partial charge in [-0.05, 0) is 19.5 Å². The Bertz CT molecular complexity index is 360. The highest BCUT2D eigenvalue weighted by molar-refractivity contribution is 5.71. The summed E-state index contributed by atoms with van der Waals surface area (Å²) in [7, 11) is 3.32. The van der Waals surface area contributed by atoms with E-state index in [0.29, 0.717) is 13.1 Å². The molecule has 0 unspecified atom stereocenters. The third-order valence-electron chi connectivity index (χ3n) is 2.51. The molecular weight excluding hydrogens is 206 g/mol. The Balaban J connectivity index is 2.62. The summed E-state index contributed by atoms with van der Waals surface area (Å²) in [6.07, 6.45) is 0. The van der Waals surface area contributed by atoms with E-state index in [4.69, 9.17) is 0 Å². The number of hydrogen-bond acceptors (Lipinski definition) is 4. The first kappa shape index (κ1) is 12.7. The van der Waals surface area contributed by atoms with Crippen LogP contribution < -0.4 is 0 Å². The minimum Gasteiger partial charge on any atom is -0.468 e. The molecule has 5 heteroatoms. The largest absolute Gasteiger partial charge is 0.468 e. The summed E-state index contributed by atoms with van der Waals surface area (Å²) >= 11 is 0. The van der Waals surface area contributed by atoms with Crippen LogP contribution in [0.5, 0.6) is 0 Å². The predicted octanol–water partition coefficient (Wildman–Crippen LogP) is 0.723. The van der Waals surface area contributed by atoms with Gasteiger partial charge in [-0.25, -0.2) is 0 Å². The summed E-state index contributed by atoms with van der Waals surface area (Å²) < 4.78 is 6.50. The monoisotopic (exact) mass is 225 g/mol. The smallest absolute Gasteiger partial charge is 0.319 e. The van der Waals surface area contributed by atoms with E-state index in [0.717, 1.165) is 17.9 Å². The number of rotatable bonds is 5. The molecule has 1 aromatic heterocycles. The van der Waals surface area contributed by atoms with E-state index in [1.54, 1.807) is 0 Å². The molecule has 0 aliphatic heterocycles. The summed E-state index contributed by atoms with van der Waals surface area (Å²) in [5.74, 6) is -0.208. The van der Waals surface area contributed by atoms with Crippen LogP contribution in [0.4, 0.5) is 0 Å². The number of methoxy groups -OCH3 is 1. The maximum Gasteiger partial charge on any atom is 0.319 e. The Labute approximate surface area is 96.0 Å². The zero-order chi connectivity index (χ0) is 12.1. The van der Waals surface area contributed by atoms with Gasteiger partial charge < -0.3 is 4.74 Å². The van der Waals surface area contributed by atoms with Crippen molar-refractivity contribution in [3.63, 3.8) is 0 Å². The Morgan fingerprint density at radius 2 is 2.31 bits per heavy atom. The van der Waals surface area contributed by atoms with Crippen molar-refractivity contribution in [1.82, 2.24) is 14.7 Å². The van der Waals surface area contributed by atoms with Crippen molar-refractivity contribution < 1.29 is 9.53 Å². The van der Waals surface area contributed by atoms with E-state index in [1.807, 2.05) is 36.5 Å². The first-order valence-corrected chi connectivity index (χ1v) is 5.35. The predicted molar refractivity (Wildman–Crippen MR) is 60.9 cm³/mol. The van der Waals surface area contributed by atoms with Gasteiger partial charge in [-0.3, -0.25) is 14.4 Å². The highest BCUT2D eigenvalue weighted by atomic mass is 16.5. The van der Waals surface area contributed by atoms with Gasteiger partial charge in [-0.2, -0.15) is 5.10 Å². The fourth-order valence-corrected chi connectivity index (χ4v) is 1.57. The van der Waals surface area contributed by atoms with Gasteiger partial charge in [0.1, 0.15) is 0 Å². The van der Waals surface area contributed by atoms with E-state index in [9.17, 15) is 4.79 Å². The second-order valence-electron chi connectivity index (χ2n) is 3.78. The van der Waals surface area contributed by atoms with Crippen LogP contribution in [0, 0.1) is 6.92 Å². The first-order chi connectivity index (χ1) is 7.56. The normalized spacial score (nSPS) is 10.8. The maximum absolute atomic E-state index is 11.2. The van der Waals surface area contributed by atoms with Crippen molar-refractivity contribution in [2.75, 3.05) is 20.2 Å². The molecule has 16 heavy (non-hydrogen) atoms. The van der Waals surface area contributed by atoms with E-state index in [1.165, 1.54) is 7.11 Å². The van der Waals surface area contributed by atoms with Crippen LogP contribution in [0.15, 0.2) is 6.07 Å². The van der Waals surface area contributed by atoms with Crippen LogP contribution in [-0.4, -0.2) is 40.8 Å². The zero-order valence-electron chi connectivity index (χ0n) is 10.4. The van der Waals surface area contributed by atoms with Gasteiger partial charge in [-0.15, -0.1) is 0 Å². The van der Waals surface area contributed by atoms with Crippen LogP contribution in [0.1, 0.15) is 18.3 Å². The second kappa shape index (κ2) is 5.65. The first-order valence-electron chi connectivity index (χ1n) is 5.35. The number of hydrogen-bond donors (Lipinski definition) is 0. The van der Waals surface area contributed by atoms with Gasteiger partial charge in [0.2, 0.25) is 0 Å². The van der Waals surface area contributed by atoms with Crippen LogP contribution in [-0.2, 0) is 23.1 Å². The number of esters is 1. The Morgan fingerprint density at radius 1 is 1.62 bits per heavy atom. The number of aryl methyl sites for hydroxylation is 2. The lowest BCUT2D eigenvalue weighted by Crippen LogP contribution is -2.30. The van der Waals surface area contributed by atoms with Crippen LogP contribution in [0.2, 0.25) is 0 Å². The number of aromatic nitrogens is 2. The molecule has 0 aliphatic rings. The third kappa shape index (κ3) is 3.34. The average Bonchev–Trinajstić information content (AvgIpc) is 2.56. The van der Waals surface area contributed by atoms with Crippen molar-refractivity contribution >= 4 is 5.97 Å². The quantitative estimate of drug-likeness (QED) is 0.693. The molecule has 0 N–H and O–H groups in total. The van der Waals surface area contributed by atoms with Gasteiger partial charge in [-0.1, -0.05) is 6.92 Å². The molecule has 0 aromatic carbocycles. The molecule has 0 amide bonds. The van der Waals surface area contributed by atoms with Crippen LogP contribution >= 0.6 is 0 Å². The van der Waals surface area contributed by atoms with E-state index >= 15 is 0 Å². The summed E-state index contributed by atoms with van der Waals surface area (Å²) in [4.78, 5) is 13.2. The Hall–Kier alpha value is -1.36. The number of likely N-dealkylation sites (N-methyl/N-ethyl adjacent to an activating group) is 1. The number of nitrogens with zero attached hydrogens (tertiary/aromatic N) is 3. The average molecular weight is 225 g/mol. The molecule has 0 saturated carbocycles. The van der Waals surface area contributed by atoms with Gasteiger partial charge >= 0.3 is 5.97 Å². The molecule has 0 aliphatic carbocycles. The Morgan fingerprint density at radius 3 is 2.75 bits per heavy atom. The molecular formula is C11H19N3O2. The molecule has 90 valence electrons. The number of carbonyl (C=O) groups is 1. The molecule has 0 radical (unpaired) electrons. The lowest BCUT2D eigenvalue weighted by atomic mass is 10.3. The summed E-state index contributed by atoms with van der Waals surface area (Å²) in [6, 6.07) is 2.03. The molecule has 1 heterocycles. The van der Waals surface area contributed by atoms with Crippen molar-refractivity contribution in [2.24, 2.45) is 7.05 Å². The summed E-state index contributed by atoms with van der Waals surface area (Å²) in [6.45, 7) is 5.81. The second-order valence-corrected chi connectivity index (χ2v) is 3.78. The standard InChI is InChI=1S/C11H19N3O2/c1-5-14(8-11(15)16-4)7-10-6-9(2)12-13(10)3/h6H,5,7-8H2,1-4H3. The molecule has 0 atom stereocenters. The number of ether oxygens (including phenoxy) is 1. The topological polar surface area (TPSA) is 47.4 Å². The SMILES string of the molecule is CCN(CC(=O)OC)Cc1cc(C)nn1C. The van der Waals surface area contributed by atoms with Crippen LogP contribution in [0.25, 0.3) is 0 Å². The minimum atomic E-state index is -0.208. The van der Waals surface area contributed by atoms with Crippen molar-refractivity contribution in [3.05, 3.63) is 17.5 Å². The molecule has 0 fully saturated rings. The van der Waals surface area contributed by atoms with E-state index < -0.39 is 0 Å². The highest BCUT2D eigenvalue weighted by Gasteiger charge is 2.12. The lowest BCUT2D eigenvalue weighted by molar-refractivity contribution is -0.142. The van der Waals surface area contributed by atoms with Crippen molar-refractivity contribution in [1.29, 1.82) is 0 Å². The third-order valence-corrected chi connectivity index (χ3v) is 2.51. The van der Waals surface area contributed by atoms with Gasteiger partial charge in [0.15, 0.2) is 0 Å². The zero-order valence-corrected chi connectivity index (χ0v) is 10.4. The molecule has 5 nitrogen and oxygen atoms in total. The fourth-order valence-electron chi connectivity index (χ4n) is 1.57. The van der Waals surface area contributed by atoms with E-state index in [2.05, 4.69) is 9.84 Å². The molecule has 1 rings (SSSR count). The van der Waals surface area contributed by atoms with Gasteiger partial charge in [0.25, 0.3) is 0 Å². The molecule has 1 aromatic rings. The fraction of sp³-hybridized carbons (Fsp3) is 0.636. The molecule has 0 bridgehead atoms. The minimum absolute atomic E-state index is 0.208. The lowest BCUT2D eigenvalue weighted by Gasteiger charge is -2.18. The maximum atomic E-state index is 11.2. The van der Waals surface area contributed by atoms with Gasteiger partial charge in [0.05, 0.1) is 25.0 Å².